The maximum atomic E-state index is 12.2. The molecule has 0 aromatic heterocycles. The first kappa shape index (κ1) is 20.5. The number of carbonyl (C=O) groups is 2. The van der Waals surface area contributed by atoms with E-state index in [1.165, 1.54) is 5.56 Å². The van der Waals surface area contributed by atoms with E-state index in [1.54, 1.807) is 0 Å². The Morgan fingerprint density at radius 3 is 2.11 bits per heavy atom. The van der Waals surface area contributed by atoms with Gasteiger partial charge in [0.05, 0.1) is 12.5 Å². The maximum absolute atomic E-state index is 12.2. The Bertz CT molecular complexity index is 750. The second-order valence-corrected chi connectivity index (χ2v) is 6.67. The molecular formula is C22H29N3O2. The fraction of sp³-hybridized carbons (Fsp3) is 0.364. The molecule has 0 aliphatic rings. The quantitative estimate of drug-likeness (QED) is 0.767. The van der Waals surface area contributed by atoms with Crippen LogP contribution in [-0.2, 0) is 11.2 Å². The van der Waals surface area contributed by atoms with Gasteiger partial charge in [-0.2, -0.15) is 0 Å². The minimum absolute atomic E-state index is 0.0865. The highest BCUT2D eigenvalue weighted by Crippen LogP contribution is 2.14. The summed E-state index contributed by atoms with van der Waals surface area (Å²) in [5.74, 6) is 0.116. The second kappa shape index (κ2) is 9.76. The van der Waals surface area contributed by atoms with E-state index < -0.39 is 0 Å². The van der Waals surface area contributed by atoms with Gasteiger partial charge in [-0.25, -0.2) is 4.79 Å². The summed E-state index contributed by atoms with van der Waals surface area (Å²) in [5.41, 5.74) is 3.88. The summed E-state index contributed by atoms with van der Waals surface area (Å²) in [4.78, 5) is 26.2. The average molecular weight is 367 g/mol. The molecule has 2 aromatic rings. The Morgan fingerprint density at radius 2 is 1.56 bits per heavy atom. The van der Waals surface area contributed by atoms with Crippen molar-refractivity contribution in [1.82, 2.24) is 10.2 Å². The van der Waals surface area contributed by atoms with Crippen molar-refractivity contribution in [2.24, 2.45) is 0 Å². The molecule has 0 saturated carbocycles. The standard InChI is InChI=1S/C22H29N3O2/c1-5-25(6-2)21(26)15-18-9-13-20(14-10-18)24-22(27)23-17(4)19-11-7-16(3)8-12-19/h7-14,17H,5-6,15H2,1-4H3,(H2,23,24,27). The van der Waals surface area contributed by atoms with Gasteiger partial charge < -0.3 is 15.5 Å². The van der Waals surface area contributed by atoms with E-state index in [9.17, 15) is 9.59 Å². The summed E-state index contributed by atoms with van der Waals surface area (Å²) in [6, 6.07) is 15.1. The molecular weight excluding hydrogens is 338 g/mol. The number of nitrogens with zero attached hydrogens (tertiary/aromatic N) is 1. The van der Waals surface area contributed by atoms with Gasteiger partial charge >= 0.3 is 6.03 Å². The number of benzene rings is 2. The summed E-state index contributed by atoms with van der Waals surface area (Å²) in [7, 11) is 0. The number of nitrogens with one attached hydrogen (secondary N) is 2. The van der Waals surface area contributed by atoms with Gasteiger partial charge in [-0.3, -0.25) is 4.79 Å². The molecule has 0 radical (unpaired) electrons. The van der Waals surface area contributed by atoms with Gasteiger partial charge in [0.25, 0.3) is 0 Å². The van der Waals surface area contributed by atoms with Crippen molar-refractivity contribution in [1.29, 1.82) is 0 Å². The molecule has 0 heterocycles. The Morgan fingerprint density at radius 1 is 0.963 bits per heavy atom. The average Bonchev–Trinajstić information content (AvgIpc) is 2.64. The molecule has 0 spiro atoms. The molecule has 2 rings (SSSR count). The Balaban J connectivity index is 1.89. The molecule has 0 aliphatic carbocycles. The molecule has 5 nitrogen and oxygen atoms in total. The largest absolute Gasteiger partial charge is 0.343 e. The predicted octanol–water partition coefficient (Wildman–Crippen LogP) is 4.29. The van der Waals surface area contributed by atoms with E-state index in [1.807, 2.05) is 81.1 Å². The van der Waals surface area contributed by atoms with Gasteiger partial charge in [0, 0.05) is 18.8 Å². The van der Waals surface area contributed by atoms with Crippen LogP contribution < -0.4 is 10.6 Å². The zero-order valence-corrected chi connectivity index (χ0v) is 16.6. The van der Waals surface area contributed by atoms with E-state index >= 15 is 0 Å². The number of urea groups is 1. The van der Waals surface area contributed by atoms with E-state index in [-0.39, 0.29) is 18.0 Å². The van der Waals surface area contributed by atoms with E-state index in [0.29, 0.717) is 25.2 Å². The lowest BCUT2D eigenvalue weighted by molar-refractivity contribution is -0.130. The van der Waals surface area contributed by atoms with Crippen molar-refractivity contribution in [3.63, 3.8) is 0 Å². The van der Waals surface area contributed by atoms with Crippen LogP contribution in [0.25, 0.3) is 0 Å². The van der Waals surface area contributed by atoms with Gasteiger partial charge in [-0.15, -0.1) is 0 Å². The first-order valence-corrected chi connectivity index (χ1v) is 9.43. The number of anilines is 1. The minimum Gasteiger partial charge on any atom is -0.343 e. The van der Waals surface area contributed by atoms with Crippen LogP contribution in [0.1, 0.15) is 43.5 Å². The Labute approximate surface area is 161 Å². The number of hydrogen-bond donors (Lipinski definition) is 2. The number of likely N-dealkylation sites (N-methyl/N-ethyl adjacent to an activating group) is 1. The highest BCUT2D eigenvalue weighted by Gasteiger charge is 2.11. The molecule has 1 atom stereocenters. The molecule has 27 heavy (non-hydrogen) atoms. The van der Waals surface area contributed by atoms with Crippen LogP contribution in [0.5, 0.6) is 0 Å². The zero-order chi connectivity index (χ0) is 19.8. The second-order valence-electron chi connectivity index (χ2n) is 6.67. The van der Waals surface area contributed by atoms with E-state index in [0.717, 1.165) is 11.1 Å². The van der Waals surface area contributed by atoms with Gasteiger partial charge in [0.15, 0.2) is 0 Å². The van der Waals surface area contributed by atoms with Crippen molar-refractivity contribution < 1.29 is 9.59 Å². The third-order valence-corrected chi connectivity index (χ3v) is 4.61. The number of hydrogen-bond acceptors (Lipinski definition) is 2. The fourth-order valence-corrected chi connectivity index (χ4v) is 2.87. The van der Waals surface area contributed by atoms with E-state index in [4.69, 9.17) is 0 Å². The minimum atomic E-state index is -0.255. The zero-order valence-electron chi connectivity index (χ0n) is 16.6. The van der Waals surface area contributed by atoms with Crippen LogP contribution >= 0.6 is 0 Å². The highest BCUT2D eigenvalue weighted by atomic mass is 16.2. The van der Waals surface area contributed by atoms with Gasteiger partial charge in [0.2, 0.25) is 5.91 Å². The van der Waals surface area contributed by atoms with Crippen LogP contribution in [0, 0.1) is 6.92 Å². The normalized spacial score (nSPS) is 11.6. The lowest BCUT2D eigenvalue weighted by Gasteiger charge is -2.18. The van der Waals surface area contributed by atoms with Crippen LogP contribution in [0.2, 0.25) is 0 Å². The van der Waals surface area contributed by atoms with Crippen molar-refractivity contribution >= 4 is 17.6 Å². The van der Waals surface area contributed by atoms with Gasteiger partial charge in [-0.1, -0.05) is 42.0 Å². The molecule has 1 unspecified atom stereocenters. The van der Waals surface area contributed by atoms with Crippen LogP contribution in [-0.4, -0.2) is 29.9 Å². The first-order chi connectivity index (χ1) is 12.9. The van der Waals surface area contributed by atoms with Crippen LogP contribution in [0.4, 0.5) is 10.5 Å². The maximum Gasteiger partial charge on any atom is 0.319 e. The van der Waals surface area contributed by atoms with Crippen LogP contribution in [0.15, 0.2) is 48.5 Å². The molecule has 2 N–H and O–H groups in total. The highest BCUT2D eigenvalue weighted by molar-refractivity contribution is 5.89. The number of carbonyl (C=O) groups excluding carboxylic acids is 2. The number of aryl methyl sites for hydroxylation is 1. The lowest BCUT2D eigenvalue weighted by atomic mass is 10.1. The SMILES string of the molecule is CCN(CC)C(=O)Cc1ccc(NC(=O)NC(C)c2ccc(C)cc2)cc1. The van der Waals surface area contributed by atoms with Crippen molar-refractivity contribution in [2.75, 3.05) is 18.4 Å². The summed E-state index contributed by atoms with van der Waals surface area (Å²) in [6.07, 6.45) is 0.374. The first-order valence-electron chi connectivity index (χ1n) is 9.43. The lowest BCUT2D eigenvalue weighted by Crippen LogP contribution is -2.32. The number of amides is 3. The third kappa shape index (κ3) is 6.13. The van der Waals surface area contributed by atoms with Gasteiger partial charge in [-0.05, 0) is 51.0 Å². The predicted molar refractivity (Wildman–Crippen MR) is 110 cm³/mol. The number of rotatable bonds is 7. The summed E-state index contributed by atoms with van der Waals surface area (Å²) >= 11 is 0. The Hall–Kier alpha value is -2.82. The monoisotopic (exact) mass is 367 g/mol. The van der Waals surface area contributed by atoms with Crippen LogP contribution in [0.3, 0.4) is 0 Å². The third-order valence-electron chi connectivity index (χ3n) is 4.61. The molecule has 3 amide bonds. The molecule has 5 heteroatoms. The molecule has 0 fully saturated rings. The molecule has 144 valence electrons. The van der Waals surface area contributed by atoms with E-state index in [2.05, 4.69) is 10.6 Å². The summed E-state index contributed by atoms with van der Waals surface area (Å²) in [6.45, 7) is 9.37. The van der Waals surface area contributed by atoms with Crippen molar-refractivity contribution in [3.05, 3.63) is 65.2 Å². The molecule has 0 aliphatic heterocycles. The topological polar surface area (TPSA) is 61.4 Å². The molecule has 0 bridgehead atoms. The van der Waals surface area contributed by atoms with Gasteiger partial charge in [0.1, 0.15) is 0 Å². The fourth-order valence-electron chi connectivity index (χ4n) is 2.87. The van der Waals surface area contributed by atoms with Crippen molar-refractivity contribution in [2.45, 2.75) is 40.2 Å². The summed E-state index contributed by atoms with van der Waals surface area (Å²) < 4.78 is 0. The smallest absolute Gasteiger partial charge is 0.319 e. The Kier molecular flexibility index (Phi) is 7.41. The summed E-state index contributed by atoms with van der Waals surface area (Å²) in [5, 5.41) is 5.76. The van der Waals surface area contributed by atoms with Crippen molar-refractivity contribution in [3.8, 4) is 0 Å². The molecule has 0 saturated heterocycles. The molecule has 2 aromatic carbocycles.